The summed E-state index contributed by atoms with van der Waals surface area (Å²) in [6.07, 6.45) is 0. The molecule has 2 aromatic rings. The van der Waals surface area contributed by atoms with Gasteiger partial charge in [-0.2, -0.15) is 0 Å². The second-order valence-corrected chi connectivity index (χ2v) is 4.26. The van der Waals surface area contributed by atoms with Crippen LogP contribution in [0.25, 0.3) is 0 Å². The van der Waals surface area contributed by atoms with E-state index in [1.54, 1.807) is 18.2 Å². The third kappa shape index (κ3) is 3.31. The summed E-state index contributed by atoms with van der Waals surface area (Å²) in [5.74, 6) is 0.0449. The van der Waals surface area contributed by atoms with Crippen LogP contribution in [0.3, 0.4) is 0 Å². The quantitative estimate of drug-likeness (QED) is 0.384. The first-order chi connectivity index (χ1) is 9.20. The highest BCUT2D eigenvalue weighted by Gasteiger charge is 2.06. The molecule has 0 unspecified atom stereocenters. The van der Waals surface area contributed by atoms with Gasteiger partial charge >= 0.3 is 0 Å². The molecule has 0 amide bonds. The molecule has 0 spiro atoms. The Labute approximate surface area is 111 Å². The molecule has 0 saturated carbocycles. The number of amidine groups is 1. The minimum Gasteiger partial charge on any atom is -0.409 e. The Balaban J connectivity index is 2.11. The summed E-state index contributed by atoms with van der Waals surface area (Å²) < 4.78 is 13.5. The van der Waals surface area contributed by atoms with E-state index in [0.717, 1.165) is 11.1 Å². The van der Waals surface area contributed by atoms with E-state index in [1.807, 2.05) is 31.2 Å². The molecule has 0 saturated heterocycles. The smallest absolute Gasteiger partial charge is 0.172 e. The molecule has 0 aliphatic rings. The number of oxime groups is 1. The van der Waals surface area contributed by atoms with E-state index < -0.39 is 0 Å². The van der Waals surface area contributed by atoms with Crippen LogP contribution in [0, 0.1) is 12.7 Å². The fourth-order valence-corrected chi connectivity index (χ4v) is 1.81. The molecule has 0 atom stereocenters. The maximum absolute atomic E-state index is 13.5. The first-order valence-electron chi connectivity index (χ1n) is 5.97. The highest BCUT2D eigenvalue weighted by molar-refractivity contribution is 5.98. The summed E-state index contributed by atoms with van der Waals surface area (Å²) in [5.41, 5.74) is 2.35. The predicted octanol–water partition coefficient (Wildman–Crippen LogP) is 3.06. The highest BCUT2D eigenvalue weighted by Crippen LogP contribution is 2.08. The van der Waals surface area contributed by atoms with Crippen molar-refractivity contribution in [3.05, 3.63) is 71.0 Å². The van der Waals surface area contributed by atoms with Gasteiger partial charge in [-0.1, -0.05) is 47.1 Å². The predicted molar refractivity (Wildman–Crippen MR) is 72.7 cm³/mol. The third-order valence-corrected chi connectivity index (χ3v) is 2.80. The van der Waals surface area contributed by atoms with E-state index in [9.17, 15) is 4.39 Å². The Morgan fingerprint density at radius 2 is 2.00 bits per heavy atom. The zero-order valence-corrected chi connectivity index (χ0v) is 10.6. The van der Waals surface area contributed by atoms with Crippen LogP contribution in [0.1, 0.15) is 16.7 Å². The molecular formula is C15H15FN2O. The molecule has 3 nitrogen and oxygen atoms in total. The average molecular weight is 258 g/mol. The van der Waals surface area contributed by atoms with Crippen molar-refractivity contribution in [1.29, 1.82) is 0 Å². The lowest BCUT2D eigenvalue weighted by Gasteiger charge is -2.09. The zero-order valence-electron chi connectivity index (χ0n) is 10.6. The SMILES string of the molecule is Cc1cccc(/C(=N/O)NCc2ccccc2F)c1. The van der Waals surface area contributed by atoms with Crippen molar-refractivity contribution in [2.45, 2.75) is 13.5 Å². The van der Waals surface area contributed by atoms with Gasteiger partial charge in [0.15, 0.2) is 5.84 Å². The largest absolute Gasteiger partial charge is 0.409 e. The van der Waals surface area contributed by atoms with E-state index in [2.05, 4.69) is 10.5 Å². The van der Waals surface area contributed by atoms with Crippen LogP contribution in [-0.4, -0.2) is 11.0 Å². The summed E-state index contributed by atoms with van der Waals surface area (Å²) >= 11 is 0. The molecule has 0 bridgehead atoms. The summed E-state index contributed by atoms with van der Waals surface area (Å²) in [5, 5.41) is 15.2. The van der Waals surface area contributed by atoms with Crippen molar-refractivity contribution in [2.75, 3.05) is 0 Å². The maximum Gasteiger partial charge on any atom is 0.172 e. The zero-order chi connectivity index (χ0) is 13.7. The van der Waals surface area contributed by atoms with Gasteiger partial charge in [-0.15, -0.1) is 0 Å². The summed E-state index contributed by atoms with van der Waals surface area (Å²) in [4.78, 5) is 0. The molecule has 0 aromatic heterocycles. The molecule has 0 radical (unpaired) electrons. The number of benzene rings is 2. The second-order valence-electron chi connectivity index (χ2n) is 4.26. The molecule has 98 valence electrons. The lowest BCUT2D eigenvalue weighted by Crippen LogP contribution is -2.24. The van der Waals surface area contributed by atoms with E-state index in [4.69, 9.17) is 5.21 Å². The molecule has 2 N–H and O–H groups in total. The Bertz CT molecular complexity index is 596. The van der Waals surface area contributed by atoms with Crippen LogP contribution in [0.15, 0.2) is 53.7 Å². The van der Waals surface area contributed by atoms with Gasteiger partial charge in [0.1, 0.15) is 5.82 Å². The van der Waals surface area contributed by atoms with Crippen LogP contribution < -0.4 is 5.32 Å². The van der Waals surface area contributed by atoms with Crippen LogP contribution >= 0.6 is 0 Å². The van der Waals surface area contributed by atoms with Gasteiger partial charge in [0.05, 0.1) is 0 Å². The molecule has 0 aliphatic carbocycles. The average Bonchev–Trinajstić information content (AvgIpc) is 2.41. The molecule has 4 heteroatoms. The number of nitrogens with zero attached hydrogens (tertiary/aromatic N) is 1. The first kappa shape index (κ1) is 13.1. The summed E-state index contributed by atoms with van der Waals surface area (Å²) in [6, 6.07) is 14.0. The highest BCUT2D eigenvalue weighted by atomic mass is 19.1. The van der Waals surface area contributed by atoms with E-state index in [0.29, 0.717) is 11.4 Å². The molecular weight excluding hydrogens is 243 g/mol. The summed E-state index contributed by atoms with van der Waals surface area (Å²) in [6.45, 7) is 2.22. The first-order valence-corrected chi connectivity index (χ1v) is 5.97. The standard InChI is InChI=1S/C15H15FN2O/c1-11-5-4-7-12(9-11)15(18-19)17-10-13-6-2-3-8-14(13)16/h2-9,19H,10H2,1H3,(H,17,18). The Morgan fingerprint density at radius 1 is 1.21 bits per heavy atom. The molecule has 2 rings (SSSR count). The van der Waals surface area contributed by atoms with Gasteiger partial charge in [0.2, 0.25) is 0 Å². The Kier molecular flexibility index (Phi) is 4.13. The minimum atomic E-state index is -0.281. The molecule has 0 heterocycles. The molecule has 19 heavy (non-hydrogen) atoms. The van der Waals surface area contributed by atoms with E-state index >= 15 is 0 Å². The molecule has 0 aliphatic heterocycles. The van der Waals surface area contributed by atoms with Crippen LogP contribution in [0.5, 0.6) is 0 Å². The van der Waals surface area contributed by atoms with Crippen molar-refractivity contribution >= 4 is 5.84 Å². The number of hydrogen-bond acceptors (Lipinski definition) is 2. The van der Waals surface area contributed by atoms with Gasteiger partial charge in [-0.05, 0) is 19.1 Å². The molecule has 0 fully saturated rings. The number of halogens is 1. The van der Waals surface area contributed by atoms with Gasteiger partial charge in [-0.3, -0.25) is 0 Å². The van der Waals surface area contributed by atoms with Gasteiger partial charge < -0.3 is 10.5 Å². The fraction of sp³-hybridized carbons (Fsp3) is 0.133. The van der Waals surface area contributed by atoms with E-state index in [-0.39, 0.29) is 12.4 Å². The van der Waals surface area contributed by atoms with Crippen molar-refractivity contribution in [3.63, 3.8) is 0 Å². The lowest BCUT2D eigenvalue weighted by molar-refractivity contribution is 0.316. The van der Waals surface area contributed by atoms with Crippen molar-refractivity contribution < 1.29 is 9.60 Å². The van der Waals surface area contributed by atoms with E-state index in [1.165, 1.54) is 6.07 Å². The van der Waals surface area contributed by atoms with Crippen LogP contribution in [0.4, 0.5) is 4.39 Å². The maximum atomic E-state index is 13.5. The number of hydrogen-bond donors (Lipinski definition) is 2. The number of aryl methyl sites for hydroxylation is 1. The monoisotopic (exact) mass is 258 g/mol. The number of nitrogens with one attached hydrogen (secondary N) is 1. The summed E-state index contributed by atoms with van der Waals surface area (Å²) in [7, 11) is 0. The van der Waals surface area contributed by atoms with Crippen molar-refractivity contribution in [2.24, 2.45) is 5.16 Å². The second kappa shape index (κ2) is 6.00. The Hall–Kier alpha value is -2.36. The fourth-order valence-electron chi connectivity index (χ4n) is 1.81. The lowest BCUT2D eigenvalue weighted by atomic mass is 10.1. The Morgan fingerprint density at radius 3 is 2.68 bits per heavy atom. The van der Waals surface area contributed by atoms with Crippen molar-refractivity contribution in [1.82, 2.24) is 5.32 Å². The van der Waals surface area contributed by atoms with Crippen molar-refractivity contribution in [3.8, 4) is 0 Å². The number of rotatable bonds is 3. The van der Waals surface area contributed by atoms with Crippen LogP contribution in [0.2, 0.25) is 0 Å². The third-order valence-electron chi connectivity index (χ3n) is 2.80. The minimum absolute atomic E-state index is 0.264. The van der Waals surface area contributed by atoms with Crippen LogP contribution in [-0.2, 0) is 6.54 Å². The van der Waals surface area contributed by atoms with Gasteiger partial charge in [-0.25, -0.2) is 4.39 Å². The van der Waals surface area contributed by atoms with Gasteiger partial charge in [0.25, 0.3) is 0 Å². The normalized spacial score (nSPS) is 11.4. The van der Waals surface area contributed by atoms with Gasteiger partial charge in [0, 0.05) is 17.7 Å². The molecule has 2 aromatic carbocycles. The topological polar surface area (TPSA) is 44.6 Å².